The van der Waals surface area contributed by atoms with Crippen LogP contribution in [0, 0.1) is 0 Å². The van der Waals surface area contributed by atoms with Crippen LogP contribution in [-0.2, 0) is 16.2 Å². The highest BCUT2D eigenvalue weighted by atomic mass is 15.2. The fourth-order valence-electron chi connectivity index (χ4n) is 16.9. The molecule has 0 saturated heterocycles. The summed E-state index contributed by atoms with van der Waals surface area (Å²) in [6, 6.07) is 116. The Morgan fingerprint density at radius 2 is 0.634 bits per heavy atom. The van der Waals surface area contributed by atoms with Gasteiger partial charge in [-0.3, -0.25) is 0 Å². The number of fused-ring (bicyclic) bond motifs is 17. The van der Waals surface area contributed by atoms with Gasteiger partial charge in [-0.15, -0.1) is 0 Å². The van der Waals surface area contributed by atoms with E-state index < -0.39 is 0 Å². The summed E-state index contributed by atoms with van der Waals surface area (Å²) in [5, 5.41) is 12.2. The van der Waals surface area contributed by atoms with E-state index in [1.807, 2.05) is 0 Å². The van der Waals surface area contributed by atoms with E-state index in [1.165, 1.54) is 131 Å². The number of hydrogen-bond donors (Lipinski definition) is 0. The average molecular weight is 1300 g/mol. The van der Waals surface area contributed by atoms with Crippen LogP contribution in [0.5, 0.6) is 0 Å². The molecule has 0 N–H and O–H groups in total. The SMILES string of the molecule is CC(C)(C)c1ccc(-c2cc3c4c(c2)N(c2ccc(-c5ccccc5)cc2)c2cc5c(cc2B4c2ccc(-n4c6ccc(C(C)(C)C)cc6c6cc(C(C)(C)C)ccc64)cc2N3c2ccc(-c3ccccc3)cc2)c2ccccc2c2ccccc2c2cccc3c4ccccc4n5c23)cc1. The molecule has 19 rings (SSSR count). The normalized spacial score (nSPS) is 13.1. The van der Waals surface area contributed by atoms with Gasteiger partial charge >= 0.3 is 0 Å². The van der Waals surface area contributed by atoms with E-state index in [1.54, 1.807) is 0 Å². The van der Waals surface area contributed by atoms with Gasteiger partial charge in [-0.05, 0) is 189 Å². The highest BCUT2D eigenvalue weighted by Gasteiger charge is 2.45. The molecule has 3 aromatic heterocycles. The molecule has 0 atom stereocenters. The molecule has 101 heavy (non-hydrogen) atoms. The molecule has 0 saturated carbocycles. The molecular weight excluding hydrogens is 1220 g/mol. The smallest absolute Gasteiger partial charge is 0.252 e. The molecule has 17 aromatic rings. The van der Waals surface area contributed by atoms with Gasteiger partial charge < -0.3 is 18.8 Å². The Hall–Kier alpha value is -11.7. The van der Waals surface area contributed by atoms with Crippen LogP contribution in [0.4, 0.5) is 34.1 Å². The van der Waals surface area contributed by atoms with Gasteiger partial charge in [0.1, 0.15) is 0 Å². The standard InChI is InChI=1S/C96H77BN4/c1-94(2,3)66-41-35-64(36-42-66)65-53-90-92-91(54-65)99(70-47-39-63(40-48-70)61-25-14-11-15-26-61)89-59-87-81(75-30-19-17-28-73(75)72-27-16-18-29-74(72)77-32-22-33-78-76-31-20-21-34-84(76)101(87)93(77)78)58-83(89)97(92)82-50-49-71(57-88(82)98(90)69-45-37-62(38-46-69)60-23-12-10-13-24-60)100-85-51-43-67(95(4,5)6)55-79(85)80-56-68(96(7,8)9)44-52-86(80)100/h10-59H,1-9H3. The molecule has 4 nitrogen and oxygen atoms in total. The molecule has 2 aliphatic rings. The lowest BCUT2D eigenvalue weighted by Crippen LogP contribution is -2.61. The number of para-hydroxylation sites is 2. The molecule has 14 aromatic carbocycles. The van der Waals surface area contributed by atoms with Gasteiger partial charge in [-0.1, -0.05) is 281 Å². The van der Waals surface area contributed by atoms with Gasteiger partial charge in [-0.2, -0.15) is 0 Å². The highest BCUT2D eigenvalue weighted by molar-refractivity contribution is 7.00. The Labute approximate surface area is 591 Å². The fourth-order valence-corrected chi connectivity index (χ4v) is 16.9. The molecule has 0 fully saturated rings. The van der Waals surface area contributed by atoms with Gasteiger partial charge in [0, 0.05) is 72.1 Å². The van der Waals surface area contributed by atoms with Crippen molar-refractivity contribution in [3.63, 3.8) is 0 Å². The Kier molecular flexibility index (Phi) is 13.4. The fraction of sp³-hybridized carbons (Fsp3) is 0.125. The first-order valence-electron chi connectivity index (χ1n) is 35.8. The molecule has 0 bridgehead atoms. The Morgan fingerprint density at radius 3 is 1.16 bits per heavy atom. The average Bonchev–Trinajstić information content (AvgIpc) is 1.44. The topological polar surface area (TPSA) is 15.8 Å². The van der Waals surface area contributed by atoms with E-state index in [9.17, 15) is 0 Å². The zero-order valence-corrected chi connectivity index (χ0v) is 58.7. The van der Waals surface area contributed by atoms with Crippen molar-refractivity contribution in [3.05, 3.63) is 320 Å². The summed E-state index contributed by atoms with van der Waals surface area (Å²) < 4.78 is 5.16. The van der Waals surface area contributed by atoms with Gasteiger partial charge in [-0.25, -0.2) is 0 Å². The minimum atomic E-state index is -0.232. The second-order valence-corrected chi connectivity index (χ2v) is 31.3. The van der Waals surface area contributed by atoms with Crippen molar-refractivity contribution in [1.82, 2.24) is 8.97 Å². The minimum absolute atomic E-state index is 0.0270. The van der Waals surface area contributed by atoms with Crippen LogP contribution < -0.4 is 26.2 Å². The molecule has 0 radical (unpaired) electrons. The first kappa shape index (κ1) is 60.5. The van der Waals surface area contributed by atoms with Gasteiger partial charge in [0.25, 0.3) is 6.71 Å². The number of hydrogen-bond acceptors (Lipinski definition) is 2. The van der Waals surface area contributed by atoms with E-state index in [0.29, 0.717) is 0 Å². The summed E-state index contributed by atoms with van der Waals surface area (Å²) in [7, 11) is 0. The van der Waals surface area contributed by atoms with E-state index in [4.69, 9.17) is 0 Å². The third kappa shape index (κ3) is 9.57. The first-order valence-corrected chi connectivity index (χ1v) is 35.8. The zero-order chi connectivity index (χ0) is 68.4. The number of benzene rings is 14. The third-order valence-corrected chi connectivity index (χ3v) is 22.1. The van der Waals surface area contributed by atoms with Crippen molar-refractivity contribution < 1.29 is 0 Å². The summed E-state index contributed by atoms with van der Waals surface area (Å²) >= 11 is 0. The molecule has 484 valence electrons. The predicted molar refractivity (Wildman–Crippen MR) is 435 cm³/mol. The van der Waals surface area contributed by atoms with Crippen molar-refractivity contribution in [2.45, 2.75) is 78.6 Å². The molecule has 5 heterocycles. The van der Waals surface area contributed by atoms with Crippen LogP contribution in [0.2, 0.25) is 0 Å². The maximum absolute atomic E-state index is 2.63. The quantitative estimate of drug-likeness (QED) is 0.154. The summed E-state index contributed by atoms with van der Waals surface area (Å²) in [6.07, 6.45) is 0. The lowest BCUT2D eigenvalue weighted by Gasteiger charge is -2.44. The van der Waals surface area contributed by atoms with Crippen molar-refractivity contribution in [2.75, 3.05) is 9.80 Å². The van der Waals surface area contributed by atoms with Gasteiger partial charge in [0.15, 0.2) is 0 Å². The lowest BCUT2D eigenvalue weighted by molar-refractivity contribution is 0.590. The Balaban J connectivity index is 0.978. The Bertz CT molecular complexity index is 6220. The molecule has 0 spiro atoms. The van der Waals surface area contributed by atoms with E-state index in [-0.39, 0.29) is 23.0 Å². The molecule has 5 heteroatoms. The van der Waals surface area contributed by atoms with Crippen LogP contribution in [0.25, 0.3) is 121 Å². The maximum atomic E-state index is 2.63. The zero-order valence-electron chi connectivity index (χ0n) is 58.7. The van der Waals surface area contributed by atoms with E-state index in [2.05, 4.69) is 384 Å². The van der Waals surface area contributed by atoms with Crippen LogP contribution in [-0.4, -0.2) is 15.7 Å². The molecule has 0 unspecified atom stereocenters. The van der Waals surface area contributed by atoms with E-state index >= 15 is 0 Å². The highest BCUT2D eigenvalue weighted by Crippen LogP contribution is 2.50. The van der Waals surface area contributed by atoms with Crippen LogP contribution in [0.15, 0.2) is 303 Å². The van der Waals surface area contributed by atoms with Crippen LogP contribution in [0.3, 0.4) is 0 Å². The molecule has 0 aliphatic carbocycles. The lowest BCUT2D eigenvalue weighted by atomic mass is 9.33. The number of rotatable bonds is 6. The van der Waals surface area contributed by atoms with Gasteiger partial charge in [0.2, 0.25) is 0 Å². The predicted octanol–water partition coefficient (Wildman–Crippen LogP) is 24.3. The van der Waals surface area contributed by atoms with Crippen LogP contribution in [0.1, 0.15) is 79.0 Å². The van der Waals surface area contributed by atoms with Crippen molar-refractivity contribution in [1.29, 1.82) is 0 Å². The summed E-state index contributed by atoms with van der Waals surface area (Å²) in [5.74, 6) is 0. The minimum Gasteiger partial charge on any atom is -0.311 e. The second kappa shape index (κ2) is 22.4. The third-order valence-electron chi connectivity index (χ3n) is 22.1. The molecule has 0 amide bonds. The summed E-state index contributed by atoms with van der Waals surface area (Å²) in [6.45, 7) is 20.7. The van der Waals surface area contributed by atoms with Gasteiger partial charge in [0.05, 0.1) is 27.6 Å². The molecule has 2 aliphatic heterocycles. The van der Waals surface area contributed by atoms with Crippen molar-refractivity contribution in [3.8, 4) is 39.1 Å². The summed E-state index contributed by atoms with van der Waals surface area (Å²) in [4.78, 5) is 5.24. The largest absolute Gasteiger partial charge is 0.311 e. The molecular formula is C96H77BN4. The van der Waals surface area contributed by atoms with Crippen LogP contribution >= 0.6 is 0 Å². The Morgan fingerprint density at radius 1 is 0.238 bits per heavy atom. The monoisotopic (exact) mass is 1300 g/mol. The number of nitrogens with zero attached hydrogens (tertiary/aromatic N) is 4. The summed E-state index contributed by atoms with van der Waals surface area (Å²) in [5.41, 5.74) is 28.3. The van der Waals surface area contributed by atoms with E-state index in [0.717, 1.165) is 56.5 Å². The second-order valence-electron chi connectivity index (χ2n) is 31.3. The first-order chi connectivity index (χ1) is 49.0. The van der Waals surface area contributed by atoms with Crippen molar-refractivity contribution in [2.24, 2.45) is 0 Å². The van der Waals surface area contributed by atoms with Crippen molar-refractivity contribution >= 4 is 139 Å². The number of anilines is 6. The maximum Gasteiger partial charge on any atom is 0.252 e. The number of aromatic nitrogens is 2.